The van der Waals surface area contributed by atoms with Gasteiger partial charge in [-0.25, -0.2) is 9.97 Å². The van der Waals surface area contributed by atoms with Gasteiger partial charge in [0.2, 0.25) is 5.91 Å². The highest BCUT2D eigenvalue weighted by Gasteiger charge is 2.32. The first-order valence-electron chi connectivity index (χ1n) is 10.9. The third-order valence-corrected chi connectivity index (χ3v) is 6.70. The van der Waals surface area contributed by atoms with Gasteiger partial charge < -0.3 is 4.90 Å². The molecule has 8 nitrogen and oxygen atoms in total. The molecule has 2 aliphatic heterocycles. The number of aryl methyl sites for hydroxylation is 1. The molecule has 1 saturated heterocycles. The quantitative estimate of drug-likeness (QED) is 0.609. The van der Waals surface area contributed by atoms with E-state index in [0.717, 1.165) is 35.5 Å². The van der Waals surface area contributed by atoms with Crippen LogP contribution in [0.15, 0.2) is 35.7 Å². The van der Waals surface area contributed by atoms with Gasteiger partial charge in [-0.1, -0.05) is 34.8 Å². The van der Waals surface area contributed by atoms with Gasteiger partial charge in [-0.15, -0.1) is 5.10 Å². The van der Waals surface area contributed by atoms with Crippen LogP contribution in [0.25, 0.3) is 0 Å². The van der Waals surface area contributed by atoms with Crippen LogP contribution in [0, 0.1) is 6.92 Å². The Morgan fingerprint density at radius 2 is 2.03 bits per heavy atom. The van der Waals surface area contributed by atoms with Crippen molar-refractivity contribution in [3.63, 3.8) is 0 Å². The molecule has 164 valence electrons. The minimum Gasteiger partial charge on any atom is -0.336 e. The van der Waals surface area contributed by atoms with Crippen LogP contribution in [0.1, 0.15) is 58.3 Å². The zero-order valence-electron chi connectivity index (χ0n) is 17.9. The number of amides is 2. The molecule has 1 fully saturated rings. The Bertz CT molecular complexity index is 1130. The van der Waals surface area contributed by atoms with E-state index in [1.807, 2.05) is 42.2 Å². The zero-order valence-corrected chi connectivity index (χ0v) is 18.7. The molecule has 0 radical (unpaired) electrons. The fourth-order valence-electron chi connectivity index (χ4n) is 4.51. The Balaban J connectivity index is 1.44. The van der Waals surface area contributed by atoms with E-state index in [4.69, 9.17) is 9.97 Å². The first-order valence-corrected chi connectivity index (χ1v) is 11.7. The van der Waals surface area contributed by atoms with E-state index < -0.39 is 0 Å². The van der Waals surface area contributed by atoms with E-state index in [9.17, 15) is 9.59 Å². The molecule has 0 bridgehead atoms. The number of hydrogen-bond donors (Lipinski definition) is 0. The predicted octanol–water partition coefficient (Wildman–Crippen LogP) is 3.14. The van der Waals surface area contributed by atoms with E-state index in [-0.39, 0.29) is 17.7 Å². The first kappa shape index (κ1) is 20.7. The molecule has 9 heteroatoms. The lowest BCUT2D eigenvalue weighted by atomic mass is 9.95. The van der Waals surface area contributed by atoms with Crippen molar-refractivity contribution in [3.05, 3.63) is 64.1 Å². The highest BCUT2D eigenvalue weighted by atomic mass is 32.1. The van der Waals surface area contributed by atoms with Crippen LogP contribution in [0.2, 0.25) is 0 Å². The molecule has 0 spiro atoms. The number of nitrogens with zero attached hydrogens (tertiary/aromatic N) is 6. The summed E-state index contributed by atoms with van der Waals surface area (Å²) in [5.41, 5.74) is 3.42. The van der Waals surface area contributed by atoms with Gasteiger partial charge in [-0.05, 0) is 43.3 Å². The number of likely N-dealkylation sites (tertiary alicyclic amines) is 1. The number of benzene rings is 1. The molecule has 0 saturated carbocycles. The fraction of sp³-hybridized carbons (Fsp3) is 0.391. The lowest BCUT2D eigenvalue weighted by molar-refractivity contribution is -0.119. The highest BCUT2D eigenvalue weighted by Crippen LogP contribution is 2.33. The molecule has 1 atom stereocenters. The maximum absolute atomic E-state index is 12.8. The van der Waals surface area contributed by atoms with Crippen LogP contribution < -0.4 is 4.90 Å². The molecule has 0 N–H and O–H groups in total. The summed E-state index contributed by atoms with van der Waals surface area (Å²) < 4.78 is 3.81. The van der Waals surface area contributed by atoms with Crippen LogP contribution in [-0.4, -0.2) is 49.4 Å². The minimum absolute atomic E-state index is 0.0268. The number of anilines is 1. The van der Waals surface area contributed by atoms with Gasteiger partial charge in [0.25, 0.3) is 5.91 Å². The van der Waals surface area contributed by atoms with Crippen molar-refractivity contribution in [3.8, 4) is 0 Å². The summed E-state index contributed by atoms with van der Waals surface area (Å²) >= 11 is 1.18. The summed E-state index contributed by atoms with van der Waals surface area (Å²) in [5, 5.41) is 5.60. The van der Waals surface area contributed by atoms with Crippen molar-refractivity contribution in [2.45, 2.75) is 45.1 Å². The van der Waals surface area contributed by atoms with Crippen molar-refractivity contribution in [2.24, 2.45) is 0 Å². The second-order valence-electron chi connectivity index (χ2n) is 8.32. The molecule has 0 unspecified atom stereocenters. The molecule has 3 aromatic rings. The number of carbonyl (C=O) groups is 2. The maximum Gasteiger partial charge on any atom is 0.275 e. The van der Waals surface area contributed by atoms with E-state index in [1.54, 1.807) is 10.3 Å². The number of carbonyl (C=O) groups excluding carboxylic acids is 2. The Morgan fingerprint density at radius 1 is 1.19 bits per heavy atom. The molecule has 2 aromatic heterocycles. The standard InChI is InChI=1S/C23H24N6O2S/c1-15-18-9-10-20(30)29(12-16-6-3-2-4-7-16)22(18)25-21(24-15)17-8-5-11-28(13-17)23(31)19-14-32-27-26-19/h2-4,6-7,14,17H,5,8-13H2,1H3/t17-/m0/s1. The number of aromatic nitrogens is 4. The molecule has 2 aliphatic rings. The summed E-state index contributed by atoms with van der Waals surface area (Å²) in [7, 11) is 0. The molecule has 2 amide bonds. The SMILES string of the molecule is Cc1nc([C@H]2CCCN(C(=O)c3csnn3)C2)nc2c1CCC(=O)N2Cc1ccccc1. The number of fused-ring (bicyclic) bond motifs is 1. The molecule has 4 heterocycles. The summed E-state index contributed by atoms with van der Waals surface area (Å²) in [6.07, 6.45) is 2.92. The Labute approximate surface area is 190 Å². The second kappa shape index (κ2) is 8.74. The molecular weight excluding hydrogens is 424 g/mol. The van der Waals surface area contributed by atoms with Gasteiger partial charge >= 0.3 is 0 Å². The van der Waals surface area contributed by atoms with Crippen LogP contribution in [-0.2, 0) is 17.8 Å². The van der Waals surface area contributed by atoms with Gasteiger partial charge in [-0.2, -0.15) is 0 Å². The van der Waals surface area contributed by atoms with Crippen LogP contribution in [0.5, 0.6) is 0 Å². The van der Waals surface area contributed by atoms with Gasteiger partial charge in [0, 0.05) is 42.1 Å². The largest absolute Gasteiger partial charge is 0.336 e. The van der Waals surface area contributed by atoms with Crippen LogP contribution >= 0.6 is 11.5 Å². The summed E-state index contributed by atoms with van der Waals surface area (Å²) in [4.78, 5) is 38.9. The average molecular weight is 449 g/mol. The van der Waals surface area contributed by atoms with E-state index in [2.05, 4.69) is 9.59 Å². The monoisotopic (exact) mass is 448 g/mol. The van der Waals surface area contributed by atoms with Crippen LogP contribution in [0.3, 0.4) is 0 Å². The van der Waals surface area contributed by atoms with Crippen LogP contribution in [0.4, 0.5) is 5.82 Å². The number of piperidine rings is 1. The van der Waals surface area contributed by atoms with Gasteiger partial charge in [-0.3, -0.25) is 14.5 Å². The van der Waals surface area contributed by atoms with Crippen molar-refractivity contribution < 1.29 is 9.59 Å². The minimum atomic E-state index is -0.0981. The van der Waals surface area contributed by atoms with Crippen molar-refractivity contribution >= 4 is 29.2 Å². The molecule has 1 aromatic carbocycles. The van der Waals surface area contributed by atoms with E-state index in [0.29, 0.717) is 44.0 Å². The Morgan fingerprint density at radius 3 is 2.81 bits per heavy atom. The summed E-state index contributed by atoms with van der Waals surface area (Å²) in [6.45, 7) is 3.72. The van der Waals surface area contributed by atoms with E-state index in [1.165, 1.54) is 11.5 Å². The zero-order chi connectivity index (χ0) is 22.1. The van der Waals surface area contributed by atoms with Crippen molar-refractivity contribution in [1.29, 1.82) is 0 Å². The van der Waals surface area contributed by atoms with E-state index >= 15 is 0 Å². The van der Waals surface area contributed by atoms with Gasteiger partial charge in [0.1, 0.15) is 11.6 Å². The molecule has 5 rings (SSSR count). The Kier molecular flexibility index (Phi) is 5.65. The summed E-state index contributed by atoms with van der Waals surface area (Å²) in [6, 6.07) is 9.97. The normalized spacial score (nSPS) is 18.5. The van der Waals surface area contributed by atoms with Gasteiger partial charge in [0.05, 0.1) is 6.54 Å². The molecular formula is C23H24N6O2S. The topological polar surface area (TPSA) is 92.2 Å². The fourth-order valence-corrected chi connectivity index (χ4v) is 4.94. The summed E-state index contributed by atoms with van der Waals surface area (Å²) in [5.74, 6) is 1.45. The lowest BCUT2D eigenvalue weighted by Crippen LogP contribution is -2.40. The number of hydrogen-bond acceptors (Lipinski definition) is 7. The Hall–Kier alpha value is -3.20. The first-order chi connectivity index (χ1) is 15.6. The third-order valence-electron chi connectivity index (χ3n) is 6.19. The molecule has 0 aliphatic carbocycles. The lowest BCUT2D eigenvalue weighted by Gasteiger charge is -2.33. The highest BCUT2D eigenvalue weighted by molar-refractivity contribution is 7.03. The third kappa shape index (κ3) is 4.00. The molecule has 32 heavy (non-hydrogen) atoms. The van der Waals surface area contributed by atoms with Crippen molar-refractivity contribution in [1.82, 2.24) is 24.5 Å². The predicted molar refractivity (Wildman–Crippen MR) is 121 cm³/mol. The second-order valence-corrected chi connectivity index (χ2v) is 8.93. The van der Waals surface area contributed by atoms with Crippen molar-refractivity contribution in [2.75, 3.05) is 18.0 Å². The maximum atomic E-state index is 12.8. The van der Waals surface area contributed by atoms with Gasteiger partial charge in [0.15, 0.2) is 5.69 Å². The number of rotatable bonds is 4. The smallest absolute Gasteiger partial charge is 0.275 e. The average Bonchev–Trinajstić information content (AvgIpc) is 3.36.